The fraction of sp³-hybridized carbons (Fsp3) is 0.222. The molecule has 18 heavy (non-hydrogen) atoms. The predicted molar refractivity (Wildman–Crippen MR) is 47.1 cm³/mol. The van der Waals surface area contributed by atoms with Crippen molar-refractivity contribution in [2.45, 2.75) is 12.5 Å². The van der Waals surface area contributed by atoms with Gasteiger partial charge in [-0.1, -0.05) is 0 Å². The summed E-state index contributed by atoms with van der Waals surface area (Å²) < 4.78 is 22.5. The fourth-order valence-corrected chi connectivity index (χ4v) is 0.717. The van der Waals surface area contributed by atoms with Crippen LogP contribution >= 0.6 is 0 Å². The van der Waals surface area contributed by atoms with Gasteiger partial charge in [-0.25, -0.2) is 4.98 Å². The maximum Gasteiger partial charge on any atom is 0 e. The summed E-state index contributed by atoms with van der Waals surface area (Å²) in [5.41, 5.74) is 5.89. The average Bonchev–Trinajstić information content (AvgIpc) is 2.89. The molecule has 0 bridgehead atoms. The van der Waals surface area contributed by atoms with Crippen molar-refractivity contribution in [1.29, 1.82) is 0 Å². The maximum absolute atomic E-state index is 10.2. The molecule has 0 aliphatic rings. The van der Waals surface area contributed by atoms with E-state index in [9.17, 15) is 9.90 Å². The van der Waals surface area contributed by atoms with Crippen LogP contribution in [0.2, 0.25) is 0 Å². The molecule has 0 amide bonds. The van der Waals surface area contributed by atoms with Gasteiger partial charge >= 0.3 is 33.9 Å². The molecule has 1 aromatic rings. The van der Waals surface area contributed by atoms with E-state index in [1.54, 1.807) is 0 Å². The van der Waals surface area contributed by atoms with E-state index in [1.165, 1.54) is 12.5 Å². The number of carboxylic acids is 1. The van der Waals surface area contributed by atoms with Crippen LogP contribution < -0.4 is 10.8 Å². The number of rotatable bonds is 3. The fourth-order valence-electron chi connectivity index (χ4n) is 0.717. The monoisotopic (exact) mass is 425 g/mol. The summed E-state index contributed by atoms with van der Waals surface area (Å²) in [6.45, 7) is 13.5. The zero-order chi connectivity index (χ0) is 14.3. The van der Waals surface area contributed by atoms with Crippen LogP contribution in [-0.4, -0.2) is 22.0 Å². The number of carbonyl (C=O) groups excluding carboxylic acids is 1. The first kappa shape index (κ1) is 25.4. The quantitative estimate of drug-likeness (QED) is 0.422. The van der Waals surface area contributed by atoms with Crippen LogP contribution in [0.3, 0.4) is 0 Å². The molecule has 3 N–H and O–H groups in total. The summed E-state index contributed by atoms with van der Waals surface area (Å²) in [6.07, 6.45) is 3.22. The Morgan fingerprint density at radius 3 is 2.11 bits per heavy atom. The molecule has 8 nitrogen and oxygen atoms in total. The first-order chi connectivity index (χ1) is 8.20. The summed E-state index contributed by atoms with van der Waals surface area (Å²) in [7, 11) is 0. The maximum atomic E-state index is 10.2. The molecule has 1 aromatic heterocycles. The van der Waals surface area contributed by atoms with Gasteiger partial charge in [-0.2, -0.15) is 0 Å². The number of carboxylic acid groups (broad SMARTS) is 1. The van der Waals surface area contributed by atoms with Crippen molar-refractivity contribution in [1.82, 2.24) is 9.97 Å². The number of imidazole rings is 1. The van der Waals surface area contributed by atoms with Gasteiger partial charge in [-0.3, -0.25) is 0 Å². The average molecular weight is 424 g/mol. The molecule has 0 fully saturated rings. The third-order valence-electron chi connectivity index (χ3n) is 1.30. The van der Waals surface area contributed by atoms with Gasteiger partial charge in [0.1, 0.15) is 0 Å². The molecule has 0 aromatic carbocycles. The van der Waals surface area contributed by atoms with Crippen molar-refractivity contribution in [3.8, 4) is 0 Å². The van der Waals surface area contributed by atoms with Gasteiger partial charge in [0.15, 0.2) is 0 Å². The number of nitrogens with two attached hydrogens (primary N) is 1. The first-order valence-corrected chi connectivity index (χ1v) is 3.75. The zero-order valence-electron chi connectivity index (χ0n) is 8.88. The van der Waals surface area contributed by atoms with E-state index in [0.717, 1.165) is 0 Å². The Morgan fingerprint density at radius 2 is 1.83 bits per heavy atom. The Bertz CT molecular complexity index is 333. The molecule has 9 heteroatoms. The number of hydrogen-bond acceptors (Lipinski definition) is 4. The number of aliphatic carboxylic acids is 1. The van der Waals surface area contributed by atoms with Crippen LogP contribution in [0, 0.1) is 20.0 Å². The van der Waals surface area contributed by atoms with E-state index in [4.69, 9.17) is 19.7 Å². The van der Waals surface area contributed by atoms with Gasteiger partial charge in [0.2, 0.25) is 0 Å². The SMILES string of the molecule is NC(Cc1cnc[nH]1)C(=O)[O-].[C-]#[O+].[C-]#[O+].[C-]#[O+].[Re]. The number of nitrogens with zero attached hydrogens (tertiary/aromatic N) is 1. The largest absolute Gasteiger partial charge is 0 e. The number of H-pyrrole nitrogens is 1. The van der Waals surface area contributed by atoms with Gasteiger partial charge in [0, 0.05) is 44.8 Å². The second kappa shape index (κ2) is 20.9. The van der Waals surface area contributed by atoms with Gasteiger partial charge in [0.25, 0.3) is 0 Å². The molecule has 0 saturated heterocycles. The van der Waals surface area contributed by atoms with E-state index >= 15 is 0 Å². The minimum Gasteiger partial charge on any atom is 0 e. The Hall–Kier alpha value is -1.48. The molecule has 1 unspecified atom stereocenters. The number of aromatic amines is 1. The van der Waals surface area contributed by atoms with Crippen LogP contribution in [0.25, 0.3) is 0 Å². The molecule has 1 heterocycles. The Morgan fingerprint density at radius 1 is 1.39 bits per heavy atom. The van der Waals surface area contributed by atoms with Crippen LogP contribution in [0.4, 0.5) is 0 Å². The first-order valence-electron chi connectivity index (χ1n) is 3.75. The van der Waals surface area contributed by atoms with Crippen molar-refractivity contribution in [3.63, 3.8) is 0 Å². The second-order valence-corrected chi connectivity index (χ2v) is 2.21. The minimum atomic E-state index is -1.25. The molecule has 1 rings (SSSR count). The smallest absolute Gasteiger partial charge is 0 e. The molecule has 0 saturated carbocycles. The molecular weight excluding hydrogens is 416 g/mol. The van der Waals surface area contributed by atoms with E-state index in [0.29, 0.717) is 5.69 Å². The number of aromatic nitrogens is 2. The number of carbonyl (C=O) groups is 1. The Labute approximate surface area is 117 Å². The van der Waals surface area contributed by atoms with Crippen molar-refractivity contribution in [2.24, 2.45) is 5.73 Å². The van der Waals surface area contributed by atoms with Gasteiger partial charge < -0.3 is 20.6 Å². The standard InChI is InChI=1S/C6H9N3O2.3CO.Re/c7-5(6(10)11)1-4-2-8-3-9-4;3*1-2;/h2-3,5H,1,7H2,(H,8,9)(H,10,11);;;;/p-1. The summed E-state index contributed by atoms with van der Waals surface area (Å²) in [5.74, 6) is -1.25. The van der Waals surface area contributed by atoms with Crippen molar-refractivity contribution < 1.29 is 44.3 Å². The summed E-state index contributed by atoms with van der Waals surface area (Å²) in [4.78, 5) is 16.6. The van der Waals surface area contributed by atoms with Gasteiger partial charge in [-0.15, -0.1) is 0 Å². The third kappa shape index (κ3) is 14.5. The summed E-state index contributed by atoms with van der Waals surface area (Å²) >= 11 is 0. The number of hydrogen-bond donors (Lipinski definition) is 2. The summed E-state index contributed by atoms with van der Waals surface area (Å²) in [5, 5.41) is 10.2. The van der Waals surface area contributed by atoms with E-state index in [1.807, 2.05) is 0 Å². The molecule has 0 spiro atoms. The molecule has 1 radical (unpaired) electrons. The van der Waals surface area contributed by atoms with Crippen LogP contribution in [0.5, 0.6) is 0 Å². The van der Waals surface area contributed by atoms with Gasteiger partial charge in [0.05, 0.1) is 12.3 Å². The summed E-state index contributed by atoms with van der Waals surface area (Å²) in [6, 6.07) is -0.963. The Balaban J connectivity index is -0.000000123. The predicted octanol–water partition coefficient (Wildman–Crippen LogP) is -2.09. The van der Waals surface area contributed by atoms with E-state index in [2.05, 4.69) is 29.9 Å². The normalized spacial score (nSPS) is 8.17. The minimum absolute atomic E-state index is 0. The zero-order valence-corrected chi connectivity index (χ0v) is 11.6. The van der Waals surface area contributed by atoms with E-state index < -0.39 is 12.0 Å². The molecule has 1 atom stereocenters. The van der Waals surface area contributed by atoms with Crippen LogP contribution in [0.1, 0.15) is 5.69 Å². The topological polar surface area (TPSA) is 155 Å². The van der Waals surface area contributed by atoms with Crippen LogP contribution in [0.15, 0.2) is 12.5 Å². The third-order valence-corrected chi connectivity index (χ3v) is 1.30. The van der Waals surface area contributed by atoms with Crippen molar-refractivity contribution in [3.05, 3.63) is 38.2 Å². The van der Waals surface area contributed by atoms with Crippen molar-refractivity contribution in [2.75, 3.05) is 0 Å². The Kier molecular flexibility index (Phi) is 29.4. The molecule has 0 aliphatic heterocycles. The van der Waals surface area contributed by atoms with Gasteiger partial charge in [-0.05, 0) is 0 Å². The molecule has 0 aliphatic carbocycles. The van der Waals surface area contributed by atoms with Crippen LogP contribution in [-0.2, 0) is 45.6 Å². The second-order valence-electron chi connectivity index (χ2n) is 2.21. The van der Waals surface area contributed by atoms with Crippen molar-refractivity contribution >= 4 is 5.97 Å². The number of nitrogens with one attached hydrogen (secondary N) is 1. The molecular formula is C9H8N3O5Re-. The molecule has 97 valence electrons. The van der Waals surface area contributed by atoms with E-state index in [-0.39, 0.29) is 26.8 Å².